The number of hydrogen-bond acceptors (Lipinski definition) is 4. The fourth-order valence-corrected chi connectivity index (χ4v) is 2.49. The van der Waals surface area contributed by atoms with Gasteiger partial charge in [0.2, 0.25) is 5.43 Å². The van der Waals surface area contributed by atoms with Crippen LogP contribution in [-0.4, -0.2) is 15.6 Å². The smallest absolute Gasteiger partial charge is 0.341 e. The fraction of sp³-hybridized carbons (Fsp3) is 0. The van der Waals surface area contributed by atoms with E-state index in [1.165, 1.54) is 4.57 Å². The molecule has 0 fully saturated rings. The molecule has 6 nitrogen and oxygen atoms in total. The number of carbonyl (C=O) groups is 1. The van der Waals surface area contributed by atoms with E-state index in [0.717, 1.165) is 12.3 Å². The Bertz CT molecular complexity index is 1020. The highest BCUT2D eigenvalue weighted by molar-refractivity contribution is 5.94. The van der Waals surface area contributed by atoms with Crippen LogP contribution in [0.1, 0.15) is 10.4 Å². The molecule has 0 radical (unpaired) electrons. The van der Waals surface area contributed by atoms with Gasteiger partial charge in [-0.15, -0.1) is 0 Å². The molecule has 0 saturated carbocycles. The number of nitrogen functional groups attached to an aromatic ring is 1. The Morgan fingerprint density at radius 1 is 1.21 bits per heavy atom. The monoisotopic (exact) mass is 331 g/mol. The Morgan fingerprint density at radius 2 is 1.88 bits per heavy atom. The summed E-state index contributed by atoms with van der Waals surface area (Å²) in [6.07, 6.45) is 1.00. The van der Waals surface area contributed by atoms with Gasteiger partial charge in [0, 0.05) is 11.9 Å². The first-order valence-electron chi connectivity index (χ1n) is 6.78. The van der Waals surface area contributed by atoms with Crippen LogP contribution in [0.5, 0.6) is 0 Å². The number of carboxylic acid groups (broad SMARTS) is 1. The van der Waals surface area contributed by atoms with Gasteiger partial charge in [-0.05, 0) is 18.2 Å². The first-order valence-corrected chi connectivity index (χ1v) is 6.78. The number of rotatable bonds is 3. The molecule has 4 N–H and O–H groups in total. The second-order valence-corrected chi connectivity index (χ2v) is 4.97. The average Bonchev–Trinajstić information content (AvgIpc) is 2.56. The van der Waals surface area contributed by atoms with Crippen LogP contribution >= 0.6 is 0 Å². The number of nitrogens with one attached hydrogen (secondary N) is 1. The highest BCUT2D eigenvalue weighted by Gasteiger charge is 2.22. The van der Waals surface area contributed by atoms with E-state index in [9.17, 15) is 23.5 Å². The highest BCUT2D eigenvalue weighted by Crippen LogP contribution is 2.28. The van der Waals surface area contributed by atoms with Gasteiger partial charge < -0.3 is 15.1 Å². The predicted molar refractivity (Wildman–Crippen MR) is 84.2 cm³/mol. The number of pyridine rings is 1. The molecule has 1 heterocycles. The Balaban J connectivity index is 2.56. The first kappa shape index (κ1) is 15.6. The maximum absolute atomic E-state index is 14.7. The molecule has 0 unspecified atom stereocenters. The minimum atomic E-state index is -1.49. The molecule has 3 rings (SSSR count). The molecule has 0 amide bonds. The summed E-state index contributed by atoms with van der Waals surface area (Å²) in [4.78, 5) is 23.6. The normalized spacial score (nSPS) is 10.8. The zero-order valence-corrected chi connectivity index (χ0v) is 12.1. The van der Waals surface area contributed by atoms with E-state index in [2.05, 4.69) is 0 Å². The SMILES string of the molecule is NNc1c(F)cc2c(=O)c(C(=O)O)cn(-c3ccccc3)c2c1F. The van der Waals surface area contributed by atoms with Gasteiger partial charge in [0.15, 0.2) is 11.6 Å². The van der Waals surface area contributed by atoms with Crippen LogP contribution in [0.15, 0.2) is 47.4 Å². The van der Waals surface area contributed by atoms with Gasteiger partial charge in [0.1, 0.15) is 11.3 Å². The van der Waals surface area contributed by atoms with Gasteiger partial charge in [-0.2, -0.15) is 0 Å². The van der Waals surface area contributed by atoms with Crippen molar-refractivity contribution in [2.45, 2.75) is 0 Å². The topological polar surface area (TPSA) is 97.3 Å². The summed E-state index contributed by atoms with van der Waals surface area (Å²) in [5.74, 6) is 1.46. The van der Waals surface area contributed by atoms with E-state index in [4.69, 9.17) is 5.84 Å². The van der Waals surface area contributed by atoms with Gasteiger partial charge in [0.25, 0.3) is 0 Å². The summed E-state index contributed by atoms with van der Waals surface area (Å²) in [5.41, 5.74) is -0.157. The zero-order chi connectivity index (χ0) is 17.4. The van der Waals surface area contributed by atoms with Crippen molar-refractivity contribution in [3.63, 3.8) is 0 Å². The molecule has 0 aliphatic rings. The Kier molecular flexibility index (Phi) is 3.74. The molecule has 8 heteroatoms. The van der Waals surface area contributed by atoms with E-state index in [-0.39, 0.29) is 5.52 Å². The van der Waals surface area contributed by atoms with Crippen molar-refractivity contribution < 1.29 is 18.7 Å². The molecule has 0 atom stereocenters. The Hall–Kier alpha value is -3.26. The predicted octanol–water partition coefficient (Wildman–Crippen LogP) is 2.25. The van der Waals surface area contributed by atoms with Crippen LogP contribution in [0, 0.1) is 11.6 Å². The van der Waals surface area contributed by atoms with Crippen molar-refractivity contribution in [2.24, 2.45) is 5.84 Å². The number of anilines is 1. The Morgan fingerprint density at radius 3 is 2.46 bits per heavy atom. The van der Waals surface area contributed by atoms with Crippen LogP contribution in [0.2, 0.25) is 0 Å². The molecular formula is C16H11F2N3O3. The van der Waals surface area contributed by atoms with Crippen molar-refractivity contribution >= 4 is 22.6 Å². The molecule has 0 bridgehead atoms. The molecule has 122 valence electrons. The second-order valence-electron chi connectivity index (χ2n) is 4.97. The Labute approximate surface area is 133 Å². The lowest BCUT2D eigenvalue weighted by atomic mass is 10.1. The number of hydrogen-bond donors (Lipinski definition) is 3. The number of halogens is 2. The summed E-state index contributed by atoms with van der Waals surface area (Å²) < 4.78 is 29.8. The van der Waals surface area contributed by atoms with Gasteiger partial charge in [0.05, 0.1) is 10.9 Å². The summed E-state index contributed by atoms with van der Waals surface area (Å²) in [7, 11) is 0. The number of aromatic carboxylic acids is 1. The van der Waals surface area contributed by atoms with E-state index in [0.29, 0.717) is 5.69 Å². The number of nitrogens with zero attached hydrogens (tertiary/aromatic N) is 1. The van der Waals surface area contributed by atoms with Crippen LogP contribution in [0.3, 0.4) is 0 Å². The summed E-state index contributed by atoms with van der Waals surface area (Å²) in [5, 5.41) is 8.81. The number of para-hydroxylation sites is 1. The molecule has 2 aromatic carbocycles. The second kappa shape index (κ2) is 5.74. The quantitative estimate of drug-likeness (QED) is 0.505. The molecular weight excluding hydrogens is 320 g/mol. The van der Waals surface area contributed by atoms with Gasteiger partial charge >= 0.3 is 5.97 Å². The molecule has 0 aliphatic carbocycles. The molecule has 3 aromatic rings. The van der Waals surface area contributed by atoms with Crippen LogP contribution in [0.25, 0.3) is 16.6 Å². The number of aromatic nitrogens is 1. The molecule has 24 heavy (non-hydrogen) atoms. The molecule has 0 spiro atoms. The maximum Gasteiger partial charge on any atom is 0.341 e. The van der Waals surface area contributed by atoms with Gasteiger partial charge in [-0.1, -0.05) is 18.2 Å². The summed E-state index contributed by atoms with van der Waals surface area (Å²) in [6.45, 7) is 0. The number of carboxylic acids is 1. The number of hydrazine groups is 1. The van der Waals surface area contributed by atoms with Crippen molar-refractivity contribution in [2.75, 3.05) is 5.43 Å². The van der Waals surface area contributed by atoms with Crippen molar-refractivity contribution in [3.8, 4) is 5.69 Å². The van der Waals surface area contributed by atoms with Crippen LogP contribution in [-0.2, 0) is 0 Å². The van der Waals surface area contributed by atoms with E-state index < -0.39 is 39.7 Å². The summed E-state index contributed by atoms with van der Waals surface area (Å²) in [6, 6.07) is 8.98. The molecule has 0 saturated heterocycles. The average molecular weight is 331 g/mol. The fourth-order valence-electron chi connectivity index (χ4n) is 2.49. The van der Waals surface area contributed by atoms with Crippen molar-refractivity contribution in [1.29, 1.82) is 0 Å². The van der Waals surface area contributed by atoms with Crippen molar-refractivity contribution in [3.05, 3.63) is 70.0 Å². The number of fused-ring (bicyclic) bond motifs is 1. The largest absolute Gasteiger partial charge is 0.477 e. The zero-order valence-electron chi connectivity index (χ0n) is 12.1. The summed E-state index contributed by atoms with van der Waals surface area (Å²) >= 11 is 0. The van der Waals surface area contributed by atoms with Crippen LogP contribution in [0.4, 0.5) is 14.5 Å². The highest BCUT2D eigenvalue weighted by atomic mass is 19.1. The van der Waals surface area contributed by atoms with Gasteiger partial charge in [-0.3, -0.25) is 10.6 Å². The van der Waals surface area contributed by atoms with E-state index >= 15 is 0 Å². The lowest BCUT2D eigenvalue weighted by molar-refractivity contribution is 0.0695. The third-order valence-electron chi connectivity index (χ3n) is 3.59. The maximum atomic E-state index is 14.7. The van der Waals surface area contributed by atoms with Crippen LogP contribution < -0.4 is 16.7 Å². The minimum Gasteiger partial charge on any atom is -0.477 e. The first-order chi connectivity index (χ1) is 11.5. The molecule has 1 aromatic heterocycles. The standard InChI is InChI=1S/C16H11F2N3O3/c17-11-6-9-14(12(18)13(11)20-19)21(8-4-2-1-3-5-8)7-10(15(9)22)16(23)24/h1-7,20H,19H2,(H,23,24). The third-order valence-corrected chi connectivity index (χ3v) is 3.59. The van der Waals surface area contributed by atoms with E-state index in [1.807, 2.05) is 5.43 Å². The third kappa shape index (κ3) is 2.29. The number of benzene rings is 2. The van der Waals surface area contributed by atoms with E-state index in [1.54, 1.807) is 30.3 Å². The van der Waals surface area contributed by atoms with Gasteiger partial charge in [-0.25, -0.2) is 13.6 Å². The van der Waals surface area contributed by atoms with Crippen molar-refractivity contribution in [1.82, 2.24) is 4.57 Å². The lowest BCUT2D eigenvalue weighted by Gasteiger charge is -2.15. The number of nitrogens with two attached hydrogens (primary N) is 1. The molecule has 0 aliphatic heterocycles. The lowest BCUT2D eigenvalue weighted by Crippen LogP contribution is -2.20. The minimum absolute atomic E-state index is 0.273.